The molecule has 78 valence electrons. The highest BCUT2D eigenvalue weighted by Crippen LogP contribution is 2.25. The summed E-state index contributed by atoms with van der Waals surface area (Å²) in [4.78, 5) is 7.61. The summed E-state index contributed by atoms with van der Waals surface area (Å²) in [6, 6.07) is 0. The van der Waals surface area contributed by atoms with E-state index < -0.39 is 0 Å². The summed E-state index contributed by atoms with van der Waals surface area (Å²) in [5, 5.41) is 0. The molecule has 1 N–H and O–H groups in total. The molecule has 0 bridgehead atoms. The van der Waals surface area contributed by atoms with Gasteiger partial charge in [-0.25, -0.2) is 4.98 Å². The van der Waals surface area contributed by atoms with Crippen LogP contribution in [0.25, 0.3) is 0 Å². The molecule has 1 aromatic heterocycles. The van der Waals surface area contributed by atoms with Crippen LogP contribution < -0.4 is 0 Å². The molecular formula is C11H17ClN2. The molecule has 1 aliphatic carbocycles. The number of H-pyrrole nitrogens is 1. The molecule has 1 saturated carbocycles. The molecule has 1 aromatic rings. The molecule has 2 nitrogen and oxygen atoms in total. The van der Waals surface area contributed by atoms with Crippen molar-refractivity contribution in [2.45, 2.75) is 44.4 Å². The quantitative estimate of drug-likeness (QED) is 0.766. The Labute approximate surface area is 90.1 Å². The van der Waals surface area contributed by atoms with E-state index >= 15 is 0 Å². The lowest BCUT2D eigenvalue weighted by atomic mass is 9.87. The Morgan fingerprint density at radius 3 is 2.79 bits per heavy atom. The van der Waals surface area contributed by atoms with Crippen molar-refractivity contribution < 1.29 is 0 Å². The van der Waals surface area contributed by atoms with Gasteiger partial charge in [-0.2, -0.15) is 0 Å². The highest BCUT2D eigenvalue weighted by Gasteiger charge is 2.15. The maximum atomic E-state index is 5.71. The fourth-order valence-electron chi connectivity index (χ4n) is 2.24. The summed E-state index contributed by atoms with van der Waals surface area (Å²) in [5.41, 5.74) is 1.04. The minimum Gasteiger partial charge on any atom is -0.345 e. The normalized spacial score (nSPS) is 18.6. The number of imidazole rings is 1. The van der Waals surface area contributed by atoms with E-state index in [4.69, 9.17) is 11.6 Å². The van der Waals surface area contributed by atoms with Gasteiger partial charge in [0.1, 0.15) is 5.82 Å². The average molecular weight is 213 g/mol. The van der Waals surface area contributed by atoms with Crippen LogP contribution in [0.2, 0.25) is 0 Å². The van der Waals surface area contributed by atoms with Crippen molar-refractivity contribution in [1.29, 1.82) is 0 Å². The van der Waals surface area contributed by atoms with Crippen molar-refractivity contribution in [3.8, 4) is 0 Å². The molecule has 0 spiro atoms. The minimum atomic E-state index is 0.539. The van der Waals surface area contributed by atoms with Crippen LogP contribution in [0.5, 0.6) is 0 Å². The Hall–Kier alpha value is -0.500. The Kier molecular flexibility index (Phi) is 3.46. The zero-order valence-electron chi connectivity index (χ0n) is 8.43. The Balaban J connectivity index is 1.89. The first-order valence-electron chi connectivity index (χ1n) is 5.47. The van der Waals surface area contributed by atoms with Crippen LogP contribution >= 0.6 is 11.6 Å². The maximum Gasteiger partial charge on any atom is 0.106 e. The van der Waals surface area contributed by atoms with E-state index in [1.165, 1.54) is 32.1 Å². The standard InChI is InChI=1S/C11H17ClN2/c12-7-10-8-13-11(14-10)6-9-4-2-1-3-5-9/h8-9H,1-7H2,(H,13,14). The lowest BCUT2D eigenvalue weighted by Gasteiger charge is -2.20. The smallest absolute Gasteiger partial charge is 0.106 e. The molecule has 0 atom stereocenters. The second-order valence-corrected chi connectivity index (χ2v) is 4.46. The van der Waals surface area contributed by atoms with Crippen LogP contribution in [0.4, 0.5) is 0 Å². The van der Waals surface area contributed by atoms with Gasteiger partial charge in [0, 0.05) is 18.3 Å². The monoisotopic (exact) mass is 212 g/mol. The first-order chi connectivity index (χ1) is 6.88. The van der Waals surface area contributed by atoms with Crippen molar-refractivity contribution in [3.63, 3.8) is 0 Å². The van der Waals surface area contributed by atoms with Crippen molar-refractivity contribution in [3.05, 3.63) is 17.7 Å². The minimum absolute atomic E-state index is 0.539. The predicted octanol–water partition coefficient (Wildman–Crippen LogP) is 3.27. The summed E-state index contributed by atoms with van der Waals surface area (Å²) in [5.74, 6) is 2.50. The van der Waals surface area contributed by atoms with E-state index in [0.29, 0.717) is 5.88 Å². The maximum absolute atomic E-state index is 5.71. The van der Waals surface area contributed by atoms with Crippen molar-refractivity contribution in [2.75, 3.05) is 0 Å². The molecule has 0 aromatic carbocycles. The van der Waals surface area contributed by atoms with E-state index in [1.807, 2.05) is 6.20 Å². The third-order valence-electron chi connectivity index (χ3n) is 3.03. The Bertz CT molecular complexity index is 277. The predicted molar refractivity (Wildman–Crippen MR) is 58.4 cm³/mol. The molecule has 1 aliphatic rings. The Morgan fingerprint density at radius 1 is 1.36 bits per heavy atom. The molecule has 1 fully saturated rings. The molecule has 0 saturated heterocycles. The van der Waals surface area contributed by atoms with Crippen LogP contribution in [-0.2, 0) is 12.3 Å². The van der Waals surface area contributed by atoms with Crippen molar-refractivity contribution in [1.82, 2.24) is 9.97 Å². The third kappa shape index (κ3) is 2.50. The summed E-state index contributed by atoms with van der Waals surface area (Å²) in [7, 11) is 0. The van der Waals surface area contributed by atoms with Crippen molar-refractivity contribution >= 4 is 11.6 Å². The molecule has 0 amide bonds. The van der Waals surface area contributed by atoms with Gasteiger partial charge in [0.25, 0.3) is 0 Å². The number of hydrogen-bond donors (Lipinski definition) is 1. The summed E-state index contributed by atoms with van der Waals surface area (Å²) < 4.78 is 0. The first-order valence-corrected chi connectivity index (χ1v) is 6.00. The van der Waals surface area contributed by atoms with Gasteiger partial charge in [0.05, 0.1) is 5.88 Å². The summed E-state index contributed by atoms with van der Waals surface area (Å²) in [6.07, 6.45) is 9.92. The number of nitrogens with zero attached hydrogens (tertiary/aromatic N) is 1. The molecule has 0 radical (unpaired) electrons. The van der Waals surface area contributed by atoms with Gasteiger partial charge >= 0.3 is 0 Å². The van der Waals surface area contributed by atoms with E-state index in [0.717, 1.165) is 23.9 Å². The van der Waals surface area contributed by atoms with Gasteiger partial charge in [-0.15, -0.1) is 11.6 Å². The van der Waals surface area contributed by atoms with Crippen LogP contribution in [0.3, 0.4) is 0 Å². The van der Waals surface area contributed by atoms with Crippen LogP contribution in [0.1, 0.15) is 43.6 Å². The summed E-state index contributed by atoms with van der Waals surface area (Å²) in [6.45, 7) is 0. The lowest BCUT2D eigenvalue weighted by molar-refractivity contribution is 0.352. The lowest BCUT2D eigenvalue weighted by Crippen LogP contribution is -2.10. The van der Waals surface area contributed by atoms with Gasteiger partial charge in [-0.3, -0.25) is 0 Å². The molecule has 0 aliphatic heterocycles. The zero-order valence-corrected chi connectivity index (χ0v) is 9.19. The highest BCUT2D eigenvalue weighted by molar-refractivity contribution is 6.16. The first kappa shape index (κ1) is 10.0. The molecule has 0 unspecified atom stereocenters. The van der Waals surface area contributed by atoms with Crippen LogP contribution in [-0.4, -0.2) is 9.97 Å². The van der Waals surface area contributed by atoms with Gasteiger partial charge in [-0.05, 0) is 5.92 Å². The van der Waals surface area contributed by atoms with E-state index in [2.05, 4.69) is 9.97 Å². The number of alkyl halides is 1. The van der Waals surface area contributed by atoms with E-state index in [-0.39, 0.29) is 0 Å². The molecule has 3 heteroatoms. The summed E-state index contributed by atoms with van der Waals surface area (Å²) >= 11 is 5.71. The number of aromatic amines is 1. The van der Waals surface area contributed by atoms with Gasteiger partial charge in [0.15, 0.2) is 0 Å². The fourth-order valence-corrected chi connectivity index (χ4v) is 2.38. The third-order valence-corrected chi connectivity index (χ3v) is 3.32. The molecular weight excluding hydrogens is 196 g/mol. The molecule has 1 heterocycles. The van der Waals surface area contributed by atoms with Gasteiger partial charge in [0.2, 0.25) is 0 Å². The van der Waals surface area contributed by atoms with E-state index in [9.17, 15) is 0 Å². The number of hydrogen-bond acceptors (Lipinski definition) is 1. The Morgan fingerprint density at radius 2 is 2.14 bits per heavy atom. The highest BCUT2D eigenvalue weighted by atomic mass is 35.5. The van der Waals surface area contributed by atoms with E-state index in [1.54, 1.807) is 0 Å². The number of rotatable bonds is 3. The topological polar surface area (TPSA) is 28.7 Å². The number of nitrogens with one attached hydrogen (secondary N) is 1. The second-order valence-electron chi connectivity index (χ2n) is 4.20. The van der Waals surface area contributed by atoms with Gasteiger partial charge < -0.3 is 4.98 Å². The van der Waals surface area contributed by atoms with Crippen LogP contribution in [0.15, 0.2) is 6.20 Å². The number of aromatic nitrogens is 2. The number of halogens is 1. The average Bonchev–Trinajstić information content (AvgIpc) is 2.67. The molecule has 2 rings (SSSR count). The van der Waals surface area contributed by atoms with Gasteiger partial charge in [-0.1, -0.05) is 32.1 Å². The second kappa shape index (κ2) is 4.83. The fraction of sp³-hybridized carbons (Fsp3) is 0.727. The van der Waals surface area contributed by atoms with Crippen molar-refractivity contribution in [2.24, 2.45) is 5.92 Å². The SMILES string of the molecule is ClCc1cnc(CC2CCCCC2)[nH]1. The molecule has 14 heavy (non-hydrogen) atoms. The van der Waals surface area contributed by atoms with Crippen LogP contribution in [0, 0.1) is 5.92 Å². The zero-order chi connectivity index (χ0) is 9.80. The largest absolute Gasteiger partial charge is 0.345 e.